The Morgan fingerprint density at radius 1 is 1.31 bits per heavy atom. The van der Waals surface area contributed by atoms with Gasteiger partial charge in [-0.1, -0.05) is 17.9 Å². The molecule has 1 aliphatic carbocycles. The molecule has 0 aromatic heterocycles. The number of nitrogens with zero attached hydrogens (tertiary/aromatic N) is 1. The molecule has 0 bridgehead atoms. The average Bonchev–Trinajstić information content (AvgIpc) is 3.11. The Balaban J connectivity index is 1.99. The van der Waals surface area contributed by atoms with E-state index < -0.39 is 0 Å². The third-order valence-electron chi connectivity index (χ3n) is 3.27. The molecular weight excluding hydrogens is 196 g/mol. The Bertz CT molecular complexity index is 463. The lowest BCUT2D eigenvalue weighted by molar-refractivity contribution is 0.712. The molecule has 16 heavy (non-hydrogen) atoms. The zero-order chi connectivity index (χ0) is 11.0. The number of nitrogens with two attached hydrogens (primary N) is 1. The van der Waals surface area contributed by atoms with Gasteiger partial charge in [0, 0.05) is 18.0 Å². The van der Waals surface area contributed by atoms with E-state index in [1.54, 1.807) is 0 Å². The van der Waals surface area contributed by atoms with Crippen LogP contribution in [0.25, 0.3) is 0 Å². The summed E-state index contributed by atoms with van der Waals surface area (Å²) in [6, 6.07) is 6.27. The fraction of sp³-hybridized carbons (Fsp3) is 0.429. The van der Waals surface area contributed by atoms with Gasteiger partial charge in [-0.3, -0.25) is 0 Å². The molecule has 3 rings (SSSR count). The summed E-state index contributed by atoms with van der Waals surface area (Å²) in [4.78, 5) is 0. The molecule has 1 aliphatic heterocycles. The summed E-state index contributed by atoms with van der Waals surface area (Å²) < 4.78 is 0. The third kappa shape index (κ3) is 1.79. The minimum atomic E-state index is 0.661. The van der Waals surface area contributed by atoms with Crippen molar-refractivity contribution in [2.45, 2.75) is 25.7 Å². The van der Waals surface area contributed by atoms with Crippen molar-refractivity contribution in [1.29, 1.82) is 0 Å². The number of anilines is 1. The lowest BCUT2D eigenvalue weighted by Gasteiger charge is -2.27. The fourth-order valence-electron chi connectivity index (χ4n) is 2.18. The molecule has 0 radical (unpaired) electrons. The number of fused-ring (bicyclic) bond motifs is 1. The lowest BCUT2D eigenvalue weighted by atomic mass is 9.97. The number of rotatable bonds is 0. The van der Waals surface area contributed by atoms with Crippen LogP contribution in [0.3, 0.4) is 0 Å². The normalized spacial score (nSPS) is 18.7. The molecule has 0 saturated heterocycles. The van der Waals surface area contributed by atoms with Crippen molar-refractivity contribution in [3.8, 4) is 11.8 Å². The van der Waals surface area contributed by atoms with E-state index in [0.717, 1.165) is 25.1 Å². The van der Waals surface area contributed by atoms with Gasteiger partial charge in [0.2, 0.25) is 0 Å². The summed E-state index contributed by atoms with van der Waals surface area (Å²) in [5.74, 6) is 13.3. The van der Waals surface area contributed by atoms with Gasteiger partial charge in [-0.15, -0.1) is 0 Å². The van der Waals surface area contributed by atoms with Gasteiger partial charge < -0.3 is 5.01 Å². The first-order valence-corrected chi connectivity index (χ1v) is 6.00. The standard InChI is InChI=1S/C14H16N2/c15-16-10-2-4-13-12(3-1-5-14(13)16)9-8-11-6-7-11/h1,3,5,11H,2,4,6-7,10,15H2. The molecular formula is C14H16N2. The van der Waals surface area contributed by atoms with Crippen molar-refractivity contribution in [2.24, 2.45) is 11.8 Å². The van der Waals surface area contributed by atoms with Crippen LogP contribution in [0.5, 0.6) is 0 Å². The van der Waals surface area contributed by atoms with Crippen LogP contribution in [0, 0.1) is 17.8 Å². The minimum Gasteiger partial charge on any atom is -0.311 e. The Morgan fingerprint density at radius 3 is 3.00 bits per heavy atom. The van der Waals surface area contributed by atoms with Crippen LogP contribution < -0.4 is 10.9 Å². The maximum atomic E-state index is 5.97. The second kappa shape index (κ2) is 3.84. The molecule has 1 saturated carbocycles. The van der Waals surface area contributed by atoms with E-state index in [4.69, 9.17) is 5.84 Å². The van der Waals surface area contributed by atoms with Gasteiger partial charge >= 0.3 is 0 Å². The smallest absolute Gasteiger partial charge is 0.0561 e. The number of hydrazine groups is 1. The Labute approximate surface area is 96.4 Å². The van der Waals surface area contributed by atoms with Gasteiger partial charge in [0.15, 0.2) is 0 Å². The second-order valence-corrected chi connectivity index (χ2v) is 4.64. The molecule has 1 aromatic rings. The van der Waals surface area contributed by atoms with Crippen LogP contribution in [-0.4, -0.2) is 6.54 Å². The summed E-state index contributed by atoms with van der Waals surface area (Å²) in [5, 5.41) is 1.85. The second-order valence-electron chi connectivity index (χ2n) is 4.64. The Hall–Kier alpha value is -1.46. The zero-order valence-corrected chi connectivity index (χ0v) is 9.37. The van der Waals surface area contributed by atoms with Gasteiger partial charge in [0.05, 0.1) is 5.69 Å². The molecule has 1 aromatic carbocycles. The molecule has 2 N–H and O–H groups in total. The van der Waals surface area contributed by atoms with Crippen molar-refractivity contribution in [3.05, 3.63) is 29.3 Å². The van der Waals surface area contributed by atoms with Crippen molar-refractivity contribution in [3.63, 3.8) is 0 Å². The molecule has 0 unspecified atom stereocenters. The summed E-state index contributed by atoms with van der Waals surface area (Å²) >= 11 is 0. The van der Waals surface area contributed by atoms with Gasteiger partial charge in [0.25, 0.3) is 0 Å². The molecule has 1 fully saturated rings. The van der Waals surface area contributed by atoms with E-state index in [1.165, 1.54) is 24.0 Å². The molecule has 1 heterocycles. The number of hydrogen-bond acceptors (Lipinski definition) is 2. The summed E-state index contributed by atoms with van der Waals surface area (Å²) in [7, 11) is 0. The fourth-order valence-corrected chi connectivity index (χ4v) is 2.18. The van der Waals surface area contributed by atoms with E-state index in [0.29, 0.717) is 5.92 Å². The van der Waals surface area contributed by atoms with Gasteiger partial charge in [-0.05, 0) is 43.4 Å². The SMILES string of the molecule is NN1CCCc2c(C#CC3CC3)cccc21. The summed E-state index contributed by atoms with van der Waals surface area (Å²) in [5.41, 5.74) is 3.68. The molecule has 0 amide bonds. The Morgan fingerprint density at radius 2 is 2.19 bits per heavy atom. The molecule has 0 spiro atoms. The predicted octanol–water partition coefficient (Wildman–Crippen LogP) is 2.07. The number of benzene rings is 1. The summed E-state index contributed by atoms with van der Waals surface area (Å²) in [6.07, 6.45) is 4.81. The van der Waals surface area contributed by atoms with E-state index in [-0.39, 0.29) is 0 Å². The van der Waals surface area contributed by atoms with Crippen molar-refractivity contribution < 1.29 is 0 Å². The predicted molar refractivity (Wildman–Crippen MR) is 65.9 cm³/mol. The first kappa shape index (κ1) is 9.74. The molecule has 2 heteroatoms. The molecule has 0 atom stereocenters. The summed E-state index contributed by atoms with van der Waals surface area (Å²) in [6.45, 7) is 0.951. The lowest BCUT2D eigenvalue weighted by Crippen LogP contribution is -2.35. The zero-order valence-electron chi connectivity index (χ0n) is 9.37. The Kier molecular flexibility index (Phi) is 2.34. The topological polar surface area (TPSA) is 29.3 Å². The first-order chi connectivity index (χ1) is 7.84. The highest BCUT2D eigenvalue weighted by Gasteiger charge is 2.19. The van der Waals surface area contributed by atoms with Crippen LogP contribution in [0.2, 0.25) is 0 Å². The third-order valence-corrected chi connectivity index (χ3v) is 3.27. The maximum Gasteiger partial charge on any atom is 0.0561 e. The van der Waals surface area contributed by atoms with E-state index in [9.17, 15) is 0 Å². The number of hydrogen-bond donors (Lipinski definition) is 1. The van der Waals surface area contributed by atoms with E-state index in [1.807, 2.05) is 5.01 Å². The highest BCUT2D eigenvalue weighted by molar-refractivity contribution is 5.61. The quantitative estimate of drug-likeness (QED) is 0.527. The molecule has 82 valence electrons. The van der Waals surface area contributed by atoms with Crippen LogP contribution in [0.1, 0.15) is 30.4 Å². The van der Waals surface area contributed by atoms with Gasteiger partial charge in [-0.25, -0.2) is 5.84 Å². The van der Waals surface area contributed by atoms with Gasteiger partial charge in [0.1, 0.15) is 0 Å². The largest absolute Gasteiger partial charge is 0.311 e. The maximum absolute atomic E-state index is 5.97. The monoisotopic (exact) mass is 212 g/mol. The molecule has 2 nitrogen and oxygen atoms in total. The minimum absolute atomic E-state index is 0.661. The van der Waals surface area contributed by atoms with Gasteiger partial charge in [-0.2, -0.15) is 0 Å². The van der Waals surface area contributed by atoms with Crippen molar-refractivity contribution >= 4 is 5.69 Å². The van der Waals surface area contributed by atoms with Crippen LogP contribution >= 0.6 is 0 Å². The van der Waals surface area contributed by atoms with E-state index >= 15 is 0 Å². The van der Waals surface area contributed by atoms with Crippen molar-refractivity contribution in [1.82, 2.24) is 0 Å². The average molecular weight is 212 g/mol. The highest BCUT2D eigenvalue weighted by atomic mass is 15.4. The highest BCUT2D eigenvalue weighted by Crippen LogP contribution is 2.29. The first-order valence-electron chi connectivity index (χ1n) is 6.00. The van der Waals surface area contributed by atoms with Crippen LogP contribution in [0.15, 0.2) is 18.2 Å². The van der Waals surface area contributed by atoms with Crippen LogP contribution in [0.4, 0.5) is 5.69 Å². The van der Waals surface area contributed by atoms with Crippen molar-refractivity contribution in [2.75, 3.05) is 11.6 Å². The molecule has 2 aliphatic rings. The van der Waals surface area contributed by atoms with Crippen LogP contribution in [-0.2, 0) is 6.42 Å². The van der Waals surface area contributed by atoms with E-state index in [2.05, 4.69) is 30.0 Å².